The topological polar surface area (TPSA) is 29.1 Å². The standard InChI is InChI=1S/C12H8Br2FNOS/c13-7-4-8(18-6-7)5-16-12(17)9-2-1-3-10(14)11(9)15/h1-4,6H,5H2,(H,16,17). The van der Waals surface area contributed by atoms with Crippen LogP contribution in [0.2, 0.25) is 0 Å². The molecule has 0 aliphatic rings. The van der Waals surface area contributed by atoms with Crippen LogP contribution in [-0.4, -0.2) is 5.91 Å². The Morgan fingerprint density at radius 1 is 1.39 bits per heavy atom. The Morgan fingerprint density at radius 3 is 2.83 bits per heavy atom. The second kappa shape index (κ2) is 5.95. The fraction of sp³-hybridized carbons (Fsp3) is 0.0833. The number of thiophene rings is 1. The molecule has 2 nitrogen and oxygen atoms in total. The van der Waals surface area contributed by atoms with Gasteiger partial charge in [0.05, 0.1) is 16.6 Å². The lowest BCUT2D eigenvalue weighted by molar-refractivity contribution is 0.0947. The number of amides is 1. The number of rotatable bonds is 3. The molecule has 1 heterocycles. The lowest BCUT2D eigenvalue weighted by atomic mass is 10.2. The van der Waals surface area contributed by atoms with E-state index < -0.39 is 11.7 Å². The van der Waals surface area contributed by atoms with Gasteiger partial charge in [-0.1, -0.05) is 6.07 Å². The molecular formula is C12H8Br2FNOS. The second-order valence-electron chi connectivity index (χ2n) is 3.52. The number of hydrogen-bond acceptors (Lipinski definition) is 2. The SMILES string of the molecule is O=C(NCc1cc(Br)cs1)c1cccc(Br)c1F. The molecular weight excluding hydrogens is 385 g/mol. The minimum atomic E-state index is -0.539. The van der Waals surface area contributed by atoms with Gasteiger partial charge >= 0.3 is 0 Å². The summed E-state index contributed by atoms with van der Waals surface area (Å²) < 4.78 is 14.9. The summed E-state index contributed by atoms with van der Waals surface area (Å²) in [7, 11) is 0. The van der Waals surface area contributed by atoms with Gasteiger partial charge in [-0.25, -0.2) is 4.39 Å². The van der Waals surface area contributed by atoms with Crippen LogP contribution in [0.1, 0.15) is 15.2 Å². The highest BCUT2D eigenvalue weighted by Gasteiger charge is 2.13. The van der Waals surface area contributed by atoms with E-state index in [2.05, 4.69) is 37.2 Å². The van der Waals surface area contributed by atoms with E-state index in [4.69, 9.17) is 0 Å². The number of halogens is 3. The molecule has 18 heavy (non-hydrogen) atoms. The largest absolute Gasteiger partial charge is 0.347 e. The number of benzene rings is 1. The Bertz CT molecular complexity index is 585. The lowest BCUT2D eigenvalue weighted by Crippen LogP contribution is -2.23. The fourth-order valence-corrected chi connectivity index (χ4v) is 3.15. The maximum absolute atomic E-state index is 13.7. The van der Waals surface area contributed by atoms with Gasteiger partial charge in [-0.3, -0.25) is 4.79 Å². The maximum atomic E-state index is 13.7. The first-order valence-electron chi connectivity index (χ1n) is 5.03. The molecule has 0 radical (unpaired) electrons. The van der Waals surface area contributed by atoms with E-state index in [0.29, 0.717) is 6.54 Å². The molecule has 0 aliphatic heterocycles. The predicted molar refractivity (Wildman–Crippen MR) is 77.3 cm³/mol. The zero-order valence-corrected chi connectivity index (χ0v) is 13.0. The molecule has 6 heteroatoms. The van der Waals surface area contributed by atoms with Gasteiger partial charge in [0, 0.05) is 14.7 Å². The van der Waals surface area contributed by atoms with E-state index in [1.165, 1.54) is 17.4 Å². The molecule has 0 saturated heterocycles. The monoisotopic (exact) mass is 391 g/mol. The molecule has 0 atom stereocenters. The first-order chi connectivity index (χ1) is 8.58. The molecule has 2 aromatic rings. The summed E-state index contributed by atoms with van der Waals surface area (Å²) in [5.41, 5.74) is 0.0417. The summed E-state index contributed by atoms with van der Waals surface area (Å²) in [6.07, 6.45) is 0. The van der Waals surface area contributed by atoms with Crippen molar-refractivity contribution in [2.75, 3.05) is 0 Å². The van der Waals surface area contributed by atoms with E-state index in [1.807, 2.05) is 11.4 Å². The highest BCUT2D eigenvalue weighted by atomic mass is 79.9. The van der Waals surface area contributed by atoms with Gasteiger partial charge in [-0.05, 0) is 50.1 Å². The van der Waals surface area contributed by atoms with E-state index in [0.717, 1.165) is 9.35 Å². The van der Waals surface area contributed by atoms with Crippen molar-refractivity contribution in [2.45, 2.75) is 6.54 Å². The zero-order valence-electron chi connectivity index (χ0n) is 9.04. The first kappa shape index (κ1) is 13.7. The van der Waals surface area contributed by atoms with Crippen molar-refractivity contribution in [1.29, 1.82) is 0 Å². The van der Waals surface area contributed by atoms with Crippen LogP contribution in [0.25, 0.3) is 0 Å². The molecule has 0 bridgehead atoms. The smallest absolute Gasteiger partial charge is 0.254 e. The van der Waals surface area contributed by atoms with E-state index in [1.54, 1.807) is 12.1 Å². The van der Waals surface area contributed by atoms with Crippen molar-refractivity contribution in [3.63, 3.8) is 0 Å². The number of carbonyl (C=O) groups is 1. The van der Waals surface area contributed by atoms with Crippen LogP contribution in [0.5, 0.6) is 0 Å². The molecule has 0 fully saturated rings. The molecule has 1 amide bonds. The summed E-state index contributed by atoms with van der Waals surface area (Å²) in [6, 6.07) is 6.56. The Balaban J connectivity index is 2.06. The molecule has 1 aromatic carbocycles. The number of nitrogens with one attached hydrogen (secondary N) is 1. The summed E-state index contributed by atoms with van der Waals surface area (Å²) in [5.74, 6) is -0.958. The number of hydrogen-bond donors (Lipinski definition) is 1. The van der Waals surface area contributed by atoms with Gasteiger partial charge in [0.15, 0.2) is 0 Å². The van der Waals surface area contributed by atoms with Crippen LogP contribution in [0.15, 0.2) is 38.6 Å². The summed E-state index contributed by atoms with van der Waals surface area (Å²) in [5, 5.41) is 4.62. The third kappa shape index (κ3) is 3.18. The summed E-state index contributed by atoms with van der Waals surface area (Å²) in [6.45, 7) is 0.390. The van der Waals surface area contributed by atoms with Crippen LogP contribution in [0.3, 0.4) is 0 Å². The van der Waals surface area contributed by atoms with Crippen molar-refractivity contribution < 1.29 is 9.18 Å². The third-order valence-electron chi connectivity index (χ3n) is 2.24. The van der Waals surface area contributed by atoms with Crippen LogP contribution >= 0.6 is 43.2 Å². The van der Waals surface area contributed by atoms with Gasteiger partial charge in [0.2, 0.25) is 0 Å². The molecule has 0 spiro atoms. The first-order valence-corrected chi connectivity index (χ1v) is 7.49. The Labute approximate surface area is 124 Å². The van der Waals surface area contributed by atoms with Gasteiger partial charge in [0.25, 0.3) is 5.91 Å². The van der Waals surface area contributed by atoms with Crippen molar-refractivity contribution in [2.24, 2.45) is 0 Å². The minimum Gasteiger partial charge on any atom is -0.347 e. The highest BCUT2D eigenvalue weighted by molar-refractivity contribution is 9.10. The van der Waals surface area contributed by atoms with Crippen LogP contribution in [-0.2, 0) is 6.54 Å². The predicted octanol–water partition coefficient (Wildman–Crippen LogP) is 4.34. The molecule has 0 aliphatic carbocycles. The normalized spacial score (nSPS) is 10.4. The van der Waals surface area contributed by atoms with E-state index in [9.17, 15) is 9.18 Å². The second-order valence-corrected chi connectivity index (χ2v) is 6.28. The van der Waals surface area contributed by atoms with Crippen molar-refractivity contribution >= 4 is 49.1 Å². The van der Waals surface area contributed by atoms with Crippen molar-refractivity contribution in [3.05, 3.63) is 54.8 Å². The van der Waals surface area contributed by atoms with E-state index in [-0.39, 0.29) is 10.0 Å². The summed E-state index contributed by atoms with van der Waals surface area (Å²) >= 11 is 7.92. The maximum Gasteiger partial charge on any atom is 0.254 e. The van der Waals surface area contributed by atoms with Gasteiger partial charge in [0.1, 0.15) is 5.82 Å². The average molecular weight is 393 g/mol. The van der Waals surface area contributed by atoms with Crippen LogP contribution in [0, 0.1) is 5.82 Å². The van der Waals surface area contributed by atoms with Crippen molar-refractivity contribution in [1.82, 2.24) is 5.32 Å². The molecule has 94 valence electrons. The Kier molecular flexibility index (Phi) is 4.53. The summed E-state index contributed by atoms with van der Waals surface area (Å²) in [4.78, 5) is 12.8. The highest BCUT2D eigenvalue weighted by Crippen LogP contribution is 2.20. The molecule has 1 N–H and O–H groups in total. The van der Waals surface area contributed by atoms with Gasteiger partial charge < -0.3 is 5.32 Å². The van der Waals surface area contributed by atoms with E-state index >= 15 is 0 Å². The average Bonchev–Trinajstić information content (AvgIpc) is 2.76. The van der Waals surface area contributed by atoms with Crippen LogP contribution in [0.4, 0.5) is 4.39 Å². The molecule has 2 rings (SSSR count). The Hall–Kier alpha value is -0.720. The minimum absolute atomic E-state index is 0.0417. The quantitative estimate of drug-likeness (QED) is 0.826. The number of carbonyl (C=O) groups excluding carboxylic acids is 1. The third-order valence-corrected chi connectivity index (χ3v) is 4.55. The molecule has 1 aromatic heterocycles. The van der Waals surface area contributed by atoms with Crippen LogP contribution < -0.4 is 5.32 Å². The molecule has 0 saturated carbocycles. The van der Waals surface area contributed by atoms with Gasteiger partial charge in [-0.15, -0.1) is 11.3 Å². The molecule has 0 unspecified atom stereocenters. The van der Waals surface area contributed by atoms with Gasteiger partial charge in [-0.2, -0.15) is 0 Å². The fourth-order valence-electron chi connectivity index (χ4n) is 1.39. The van der Waals surface area contributed by atoms with Crippen molar-refractivity contribution in [3.8, 4) is 0 Å². The Morgan fingerprint density at radius 2 is 2.17 bits per heavy atom. The lowest BCUT2D eigenvalue weighted by Gasteiger charge is -2.05. The zero-order chi connectivity index (χ0) is 13.1.